The van der Waals surface area contributed by atoms with Crippen LogP contribution in [0, 0.1) is 5.92 Å². The zero-order valence-electron chi connectivity index (χ0n) is 17.5. The van der Waals surface area contributed by atoms with Gasteiger partial charge in [0.05, 0.1) is 12.6 Å². The van der Waals surface area contributed by atoms with E-state index in [-0.39, 0.29) is 41.6 Å². The molecule has 0 spiro atoms. The van der Waals surface area contributed by atoms with Crippen molar-refractivity contribution in [3.8, 4) is 5.75 Å². The molecule has 1 saturated heterocycles. The number of carbonyl (C=O) groups excluding carboxylic acids is 1. The number of sulfonamides is 1. The molecular weight excluding hydrogens is 504 g/mol. The first-order valence-electron chi connectivity index (χ1n) is 10.2. The fourth-order valence-electron chi connectivity index (χ4n) is 3.62. The lowest BCUT2D eigenvalue weighted by Crippen LogP contribution is -2.43. The molecule has 0 unspecified atom stereocenters. The number of hydrogen-bond acceptors (Lipinski definition) is 4. The van der Waals surface area contributed by atoms with E-state index in [2.05, 4.69) is 21.2 Å². The maximum Gasteiger partial charge on any atom is 0.246 e. The normalized spacial score (nSPS) is 16.6. The van der Waals surface area contributed by atoms with Crippen molar-refractivity contribution in [1.29, 1.82) is 0 Å². The standard InChI is InChI=1S/C22H26BrClN2O4S/c1-3-30-20-9-8-19(24)14-21(20)31(28,29)26-12-10-17(11-13-26)22(27)25-15(2)16-4-6-18(23)7-5-16/h4-9,14-15,17H,3,10-13H2,1-2H3,(H,25,27)/t15-/m0/s1. The molecule has 1 atom stereocenters. The van der Waals surface area contributed by atoms with E-state index in [4.69, 9.17) is 16.3 Å². The summed E-state index contributed by atoms with van der Waals surface area (Å²) in [6.07, 6.45) is 0.922. The largest absolute Gasteiger partial charge is 0.492 e. The minimum absolute atomic E-state index is 0.0507. The summed E-state index contributed by atoms with van der Waals surface area (Å²) < 4.78 is 34.2. The molecule has 0 radical (unpaired) electrons. The van der Waals surface area contributed by atoms with Crippen LogP contribution in [0.15, 0.2) is 51.8 Å². The summed E-state index contributed by atoms with van der Waals surface area (Å²) in [7, 11) is -3.77. The van der Waals surface area contributed by atoms with Gasteiger partial charge in [-0.2, -0.15) is 4.31 Å². The Morgan fingerprint density at radius 3 is 2.48 bits per heavy atom. The Morgan fingerprint density at radius 2 is 1.87 bits per heavy atom. The Kier molecular flexibility index (Phi) is 8.02. The highest BCUT2D eigenvalue weighted by atomic mass is 79.9. The number of nitrogens with zero attached hydrogens (tertiary/aromatic N) is 1. The molecule has 6 nitrogen and oxygen atoms in total. The van der Waals surface area contributed by atoms with E-state index < -0.39 is 10.0 Å². The van der Waals surface area contributed by atoms with Gasteiger partial charge in [-0.05, 0) is 62.6 Å². The zero-order valence-corrected chi connectivity index (χ0v) is 20.6. The molecule has 2 aromatic rings. The Hall–Kier alpha value is -1.61. The number of nitrogens with one attached hydrogen (secondary N) is 1. The van der Waals surface area contributed by atoms with Crippen LogP contribution in [0.2, 0.25) is 5.02 Å². The molecule has 1 N–H and O–H groups in total. The summed E-state index contributed by atoms with van der Waals surface area (Å²) in [5.41, 5.74) is 1.01. The monoisotopic (exact) mass is 528 g/mol. The maximum atomic E-state index is 13.2. The molecule has 2 aromatic carbocycles. The van der Waals surface area contributed by atoms with Crippen LogP contribution in [-0.2, 0) is 14.8 Å². The van der Waals surface area contributed by atoms with Crippen LogP contribution < -0.4 is 10.1 Å². The van der Waals surface area contributed by atoms with Gasteiger partial charge in [0.25, 0.3) is 0 Å². The average Bonchev–Trinajstić information content (AvgIpc) is 2.75. The van der Waals surface area contributed by atoms with Crippen LogP contribution in [0.5, 0.6) is 5.75 Å². The molecule has 3 rings (SSSR count). The predicted molar refractivity (Wildman–Crippen MR) is 125 cm³/mol. The molecule has 1 amide bonds. The minimum atomic E-state index is -3.77. The molecule has 0 aromatic heterocycles. The summed E-state index contributed by atoms with van der Waals surface area (Å²) in [6.45, 7) is 4.62. The van der Waals surface area contributed by atoms with E-state index in [0.29, 0.717) is 24.5 Å². The lowest BCUT2D eigenvalue weighted by atomic mass is 9.96. The summed E-state index contributed by atoms with van der Waals surface area (Å²) in [6, 6.07) is 12.3. The van der Waals surface area contributed by atoms with Crippen molar-refractivity contribution in [3.63, 3.8) is 0 Å². The Bertz CT molecular complexity index is 1020. The minimum Gasteiger partial charge on any atom is -0.492 e. The van der Waals surface area contributed by atoms with Crippen LogP contribution >= 0.6 is 27.5 Å². The van der Waals surface area contributed by atoms with Gasteiger partial charge in [-0.3, -0.25) is 4.79 Å². The van der Waals surface area contributed by atoms with Gasteiger partial charge < -0.3 is 10.1 Å². The summed E-state index contributed by atoms with van der Waals surface area (Å²) in [4.78, 5) is 12.8. The molecule has 1 aliphatic heterocycles. The lowest BCUT2D eigenvalue weighted by molar-refractivity contribution is -0.126. The molecule has 9 heteroatoms. The van der Waals surface area contributed by atoms with Crippen molar-refractivity contribution in [2.45, 2.75) is 37.6 Å². The zero-order chi connectivity index (χ0) is 22.6. The van der Waals surface area contributed by atoms with Crippen molar-refractivity contribution in [2.75, 3.05) is 19.7 Å². The van der Waals surface area contributed by atoms with E-state index in [1.807, 2.05) is 31.2 Å². The number of carbonyl (C=O) groups is 1. The second-order valence-electron chi connectivity index (χ2n) is 7.48. The number of ether oxygens (including phenoxy) is 1. The fourth-order valence-corrected chi connectivity index (χ4v) is 5.75. The highest BCUT2D eigenvalue weighted by molar-refractivity contribution is 9.10. The summed E-state index contributed by atoms with van der Waals surface area (Å²) >= 11 is 9.45. The topological polar surface area (TPSA) is 75.7 Å². The quantitative estimate of drug-likeness (QED) is 0.560. The van der Waals surface area contributed by atoms with Gasteiger partial charge in [-0.25, -0.2) is 8.42 Å². The van der Waals surface area contributed by atoms with E-state index in [0.717, 1.165) is 10.0 Å². The molecule has 31 heavy (non-hydrogen) atoms. The number of amides is 1. The Labute approximate surface area is 197 Å². The maximum absolute atomic E-state index is 13.2. The number of piperidine rings is 1. The lowest BCUT2D eigenvalue weighted by Gasteiger charge is -2.31. The van der Waals surface area contributed by atoms with Crippen molar-refractivity contribution in [2.24, 2.45) is 5.92 Å². The third-order valence-corrected chi connectivity index (χ3v) is 8.06. The predicted octanol–water partition coefficient (Wildman–Crippen LogP) is 4.78. The van der Waals surface area contributed by atoms with E-state index in [1.165, 1.54) is 10.4 Å². The number of rotatable bonds is 7. The molecule has 1 aliphatic rings. The third-order valence-electron chi connectivity index (χ3n) is 5.38. The first kappa shape index (κ1) is 24.0. The van der Waals surface area contributed by atoms with Crippen LogP contribution in [0.3, 0.4) is 0 Å². The van der Waals surface area contributed by atoms with Crippen LogP contribution in [0.4, 0.5) is 0 Å². The second-order valence-corrected chi connectivity index (χ2v) is 10.7. The van der Waals surface area contributed by atoms with Gasteiger partial charge >= 0.3 is 0 Å². The molecule has 0 aliphatic carbocycles. The van der Waals surface area contributed by atoms with Crippen molar-refractivity contribution in [1.82, 2.24) is 9.62 Å². The number of benzene rings is 2. The second kappa shape index (κ2) is 10.3. The van der Waals surface area contributed by atoms with Gasteiger partial charge in [0.1, 0.15) is 10.6 Å². The van der Waals surface area contributed by atoms with Crippen LogP contribution in [0.25, 0.3) is 0 Å². The van der Waals surface area contributed by atoms with Gasteiger partial charge in [0, 0.05) is 28.5 Å². The van der Waals surface area contributed by atoms with Gasteiger partial charge in [0.15, 0.2) is 0 Å². The molecule has 0 saturated carbocycles. The first-order valence-corrected chi connectivity index (χ1v) is 12.8. The fraction of sp³-hybridized carbons (Fsp3) is 0.409. The van der Waals surface area contributed by atoms with Gasteiger partial charge in [0.2, 0.25) is 15.9 Å². The average molecular weight is 530 g/mol. The molecule has 168 valence electrons. The van der Waals surface area contributed by atoms with E-state index in [1.54, 1.807) is 19.1 Å². The molecule has 1 heterocycles. The number of halogens is 2. The van der Waals surface area contributed by atoms with Crippen molar-refractivity contribution in [3.05, 3.63) is 57.5 Å². The Morgan fingerprint density at radius 1 is 1.23 bits per heavy atom. The molecule has 0 bridgehead atoms. The van der Waals surface area contributed by atoms with Crippen LogP contribution in [-0.4, -0.2) is 38.3 Å². The molecule has 1 fully saturated rings. The third kappa shape index (κ3) is 5.80. The highest BCUT2D eigenvalue weighted by Crippen LogP contribution is 2.32. The first-order chi connectivity index (χ1) is 14.7. The van der Waals surface area contributed by atoms with E-state index >= 15 is 0 Å². The van der Waals surface area contributed by atoms with Crippen molar-refractivity contribution >= 4 is 43.5 Å². The SMILES string of the molecule is CCOc1ccc(Cl)cc1S(=O)(=O)N1CCC(C(=O)N[C@@H](C)c2ccc(Br)cc2)CC1. The van der Waals surface area contributed by atoms with E-state index in [9.17, 15) is 13.2 Å². The highest BCUT2D eigenvalue weighted by Gasteiger charge is 2.34. The Balaban J connectivity index is 1.64. The number of hydrogen-bond donors (Lipinski definition) is 1. The smallest absolute Gasteiger partial charge is 0.246 e. The van der Waals surface area contributed by atoms with Crippen LogP contribution in [0.1, 0.15) is 38.3 Å². The molecular formula is C22H26BrClN2O4S. The van der Waals surface area contributed by atoms with Gasteiger partial charge in [-0.1, -0.05) is 39.7 Å². The van der Waals surface area contributed by atoms with Gasteiger partial charge in [-0.15, -0.1) is 0 Å². The summed E-state index contributed by atoms with van der Waals surface area (Å²) in [5, 5.41) is 3.38. The van der Waals surface area contributed by atoms with Crippen molar-refractivity contribution < 1.29 is 17.9 Å². The summed E-state index contributed by atoms with van der Waals surface area (Å²) in [5.74, 6) is 0.00962.